The molecule has 2 heteroatoms. The Morgan fingerprint density at radius 3 is 2.58 bits per heavy atom. The number of ether oxygens (including phenoxy) is 1. The number of hydrogen-bond donors (Lipinski definition) is 1. The van der Waals surface area contributed by atoms with E-state index in [1.165, 1.54) is 12.8 Å². The van der Waals surface area contributed by atoms with E-state index < -0.39 is 0 Å². The number of aliphatic hydroxyl groups excluding tert-OH is 1. The molecule has 0 aromatic rings. The van der Waals surface area contributed by atoms with Crippen LogP contribution < -0.4 is 0 Å². The first-order chi connectivity index (χ1) is 5.75. The average molecular weight is 172 g/mol. The van der Waals surface area contributed by atoms with Crippen LogP contribution in [0.2, 0.25) is 0 Å². The summed E-state index contributed by atoms with van der Waals surface area (Å²) in [6, 6.07) is 0. The van der Waals surface area contributed by atoms with E-state index in [2.05, 4.69) is 6.92 Å². The van der Waals surface area contributed by atoms with Gasteiger partial charge in [0.1, 0.15) is 0 Å². The molecule has 0 aromatic carbocycles. The summed E-state index contributed by atoms with van der Waals surface area (Å²) < 4.78 is 5.62. The van der Waals surface area contributed by atoms with Crippen molar-refractivity contribution < 1.29 is 9.84 Å². The lowest BCUT2D eigenvalue weighted by molar-refractivity contribution is -0.0422. The van der Waals surface area contributed by atoms with Crippen molar-refractivity contribution >= 4 is 0 Å². The summed E-state index contributed by atoms with van der Waals surface area (Å²) in [7, 11) is 0. The maximum atomic E-state index is 9.40. The summed E-state index contributed by atoms with van der Waals surface area (Å²) in [4.78, 5) is 0. The van der Waals surface area contributed by atoms with Crippen molar-refractivity contribution in [2.45, 2.75) is 51.7 Å². The normalized spacial score (nSPS) is 22.2. The van der Waals surface area contributed by atoms with Gasteiger partial charge >= 0.3 is 0 Å². The fraction of sp³-hybridized carbons (Fsp3) is 1.00. The van der Waals surface area contributed by atoms with Crippen molar-refractivity contribution in [3.63, 3.8) is 0 Å². The molecule has 2 nitrogen and oxygen atoms in total. The molecule has 1 fully saturated rings. The van der Waals surface area contributed by atoms with Crippen molar-refractivity contribution in [3.05, 3.63) is 0 Å². The van der Waals surface area contributed by atoms with Crippen molar-refractivity contribution in [1.29, 1.82) is 0 Å². The highest BCUT2D eigenvalue weighted by atomic mass is 16.5. The molecule has 0 bridgehead atoms. The third-order valence-corrected chi connectivity index (χ3v) is 2.37. The predicted molar refractivity (Wildman–Crippen MR) is 49.1 cm³/mol. The van der Waals surface area contributed by atoms with Gasteiger partial charge in [-0.3, -0.25) is 0 Å². The maximum absolute atomic E-state index is 9.40. The monoisotopic (exact) mass is 172 g/mol. The lowest BCUT2D eigenvalue weighted by atomic mass is 10.1. The number of unbranched alkanes of at least 4 members (excludes halogenated alkanes) is 1. The van der Waals surface area contributed by atoms with Crippen LogP contribution in [0, 0.1) is 5.92 Å². The van der Waals surface area contributed by atoms with E-state index in [9.17, 15) is 5.11 Å². The highest BCUT2D eigenvalue weighted by molar-refractivity contribution is 4.85. The second-order valence-electron chi connectivity index (χ2n) is 3.77. The van der Waals surface area contributed by atoms with E-state index >= 15 is 0 Å². The fourth-order valence-electron chi connectivity index (χ4n) is 1.46. The zero-order valence-corrected chi connectivity index (χ0v) is 8.12. The molecule has 1 N–H and O–H groups in total. The van der Waals surface area contributed by atoms with E-state index in [-0.39, 0.29) is 12.2 Å². The minimum Gasteiger partial charge on any atom is -0.391 e. The van der Waals surface area contributed by atoms with Crippen LogP contribution in [0.5, 0.6) is 0 Å². The van der Waals surface area contributed by atoms with Gasteiger partial charge in [-0.25, -0.2) is 0 Å². The zero-order valence-electron chi connectivity index (χ0n) is 8.12. The Balaban J connectivity index is 2.14. The molecule has 0 heterocycles. The average Bonchev–Trinajstić information content (AvgIpc) is 2.80. The van der Waals surface area contributed by atoms with E-state index in [4.69, 9.17) is 4.74 Å². The fourth-order valence-corrected chi connectivity index (χ4v) is 1.46. The Labute approximate surface area is 74.9 Å². The van der Waals surface area contributed by atoms with Crippen LogP contribution in [0.3, 0.4) is 0 Å². The molecule has 72 valence electrons. The van der Waals surface area contributed by atoms with E-state index in [1.807, 2.05) is 6.92 Å². The summed E-state index contributed by atoms with van der Waals surface area (Å²) in [6.07, 6.45) is 4.56. The number of aliphatic hydroxyl groups is 1. The Hall–Kier alpha value is -0.0800. The first-order valence-electron chi connectivity index (χ1n) is 5.05. The summed E-state index contributed by atoms with van der Waals surface area (Å²) >= 11 is 0. The minimum atomic E-state index is -0.297. The largest absolute Gasteiger partial charge is 0.391 e. The molecule has 2 unspecified atom stereocenters. The van der Waals surface area contributed by atoms with Crippen LogP contribution in [-0.4, -0.2) is 23.9 Å². The van der Waals surface area contributed by atoms with Crippen LogP contribution in [0.4, 0.5) is 0 Å². The van der Waals surface area contributed by atoms with Gasteiger partial charge in [0.15, 0.2) is 0 Å². The highest BCUT2D eigenvalue weighted by Crippen LogP contribution is 2.35. The predicted octanol–water partition coefficient (Wildman–Crippen LogP) is 1.96. The zero-order chi connectivity index (χ0) is 8.97. The standard InChI is InChI=1S/C10H20O2/c1-3-4-7-12-10(8(2)11)9-5-6-9/h8-11H,3-7H2,1-2H3. The van der Waals surface area contributed by atoms with Gasteiger partial charge in [-0.05, 0) is 32.1 Å². The molecule has 1 rings (SSSR count). The molecule has 1 aliphatic rings. The van der Waals surface area contributed by atoms with Crippen LogP contribution >= 0.6 is 0 Å². The number of rotatable bonds is 6. The summed E-state index contributed by atoms with van der Waals surface area (Å²) in [5.74, 6) is 0.641. The second-order valence-corrected chi connectivity index (χ2v) is 3.77. The molecule has 1 aliphatic carbocycles. The third-order valence-electron chi connectivity index (χ3n) is 2.37. The summed E-state index contributed by atoms with van der Waals surface area (Å²) in [5.41, 5.74) is 0. The van der Waals surface area contributed by atoms with Gasteiger partial charge in [0.25, 0.3) is 0 Å². The summed E-state index contributed by atoms with van der Waals surface area (Å²) in [5, 5.41) is 9.40. The Bertz CT molecular complexity index is 117. The molecule has 2 atom stereocenters. The highest BCUT2D eigenvalue weighted by Gasteiger charge is 2.34. The molecule has 1 saturated carbocycles. The SMILES string of the molecule is CCCCOC(C(C)O)C1CC1. The maximum Gasteiger partial charge on any atom is 0.0859 e. The van der Waals surface area contributed by atoms with E-state index in [0.717, 1.165) is 19.4 Å². The van der Waals surface area contributed by atoms with E-state index in [1.54, 1.807) is 0 Å². The second kappa shape index (κ2) is 4.83. The van der Waals surface area contributed by atoms with Crippen molar-refractivity contribution in [3.8, 4) is 0 Å². The Morgan fingerprint density at radius 2 is 2.17 bits per heavy atom. The molecule has 0 spiro atoms. The van der Waals surface area contributed by atoms with Crippen LogP contribution in [-0.2, 0) is 4.74 Å². The molecule has 0 saturated heterocycles. The summed E-state index contributed by atoms with van der Waals surface area (Å²) in [6.45, 7) is 4.79. The molecular formula is C10H20O2. The van der Waals surface area contributed by atoms with Gasteiger partial charge in [-0.2, -0.15) is 0 Å². The Kier molecular flexibility index (Phi) is 4.02. The molecule has 12 heavy (non-hydrogen) atoms. The van der Waals surface area contributed by atoms with Gasteiger partial charge < -0.3 is 9.84 Å². The lowest BCUT2D eigenvalue weighted by Gasteiger charge is -2.19. The Morgan fingerprint density at radius 1 is 1.50 bits per heavy atom. The lowest BCUT2D eigenvalue weighted by Crippen LogP contribution is -2.28. The topological polar surface area (TPSA) is 29.5 Å². The number of hydrogen-bond acceptors (Lipinski definition) is 2. The van der Waals surface area contributed by atoms with Crippen LogP contribution in [0.15, 0.2) is 0 Å². The van der Waals surface area contributed by atoms with Crippen LogP contribution in [0.25, 0.3) is 0 Å². The smallest absolute Gasteiger partial charge is 0.0859 e. The van der Waals surface area contributed by atoms with Crippen molar-refractivity contribution in [2.75, 3.05) is 6.61 Å². The minimum absolute atomic E-state index is 0.108. The molecule has 0 aliphatic heterocycles. The van der Waals surface area contributed by atoms with E-state index in [0.29, 0.717) is 5.92 Å². The quantitative estimate of drug-likeness (QED) is 0.621. The van der Waals surface area contributed by atoms with Gasteiger partial charge in [0.2, 0.25) is 0 Å². The van der Waals surface area contributed by atoms with Gasteiger partial charge in [-0.15, -0.1) is 0 Å². The van der Waals surface area contributed by atoms with Gasteiger partial charge in [0, 0.05) is 6.61 Å². The van der Waals surface area contributed by atoms with Gasteiger partial charge in [0.05, 0.1) is 12.2 Å². The molecule has 0 aromatic heterocycles. The first-order valence-corrected chi connectivity index (χ1v) is 5.05. The van der Waals surface area contributed by atoms with Crippen molar-refractivity contribution in [1.82, 2.24) is 0 Å². The molecular weight excluding hydrogens is 152 g/mol. The van der Waals surface area contributed by atoms with Crippen LogP contribution in [0.1, 0.15) is 39.5 Å². The molecule has 0 amide bonds. The van der Waals surface area contributed by atoms with Crippen molar-refractivity contribution in [2.24, 2.45) is 5.92 Å². The van der Waals surface area contributed by atoms with Gasteiger partial charge in [-0.1, -0.05) is 13.3 Å². The molecule has 0 radical (unpaired) electrons. The first kappa shape index (κ1) is 10.0. The third kappa shape index (κ3) is 3.11.